The standard InChI is InChI=1S/C24H32O2.C12H14O2.C8H8.C4H8O.5CH4.Al.B.HN/c1-5-24(4,21-9-7-6-8-10-21)18-23(2,3)20-13-11-19(12-14-20)15-25-16-22-17-26-22;1-2-10-3-5-11(6-4-10)7-13-8-12-9-14-12;1-2-8-6-4-3-5-7-8;1-2-4-5-3-1;;;;;;;;/h6-14,22H,5,15-18H2,1-4H3;2-6,12H,1,7-9H2;2-7H,1H2;1-4H2;5*1H4;;;1H. The van der Waals surface area contributed by atoms with E-state index in [9.17, 15) is 0 Å². The van der Waals surface area contributed by atoms with Crippen molar-refractivity contribution in [2.45, 2.75) is 127 Å². The molecule has 0 aliphatic carbocycles. The van der Waals surface area contributed by atoms with Crippen LogP contribution in [0.1, 0.15) is 124 Å². The zero-order valence-electron chi connectivity index (χ0n) is 34.3. The minimum absolute atomic E-state index is 0. The van der Waals surface area contributed by atoms with Gasteiger partial charge in [-0.15, -0.1) is 0 Å². The molecule has 3 atom stereocenters. The van der Waals surface area contributed by atoms with Crippen molar-refractivity contribution in [3.8, 4) is 0 Å². The molecule has 1 N–H and O–H groups in total. The molecule has 336 valence electrons. The second kappa shape index (κ2) is 36.1. The summed E-state index contributed by atoms with van der Waals surface area (Å²) in [6, 6.07) is 38.1. The molecule has 3 aliphatic rings. The molecular formula is C53H83AlBNO5. The summed E-state index contributed by atoms with van der Waals surface area (Å²) in [7, 11) is 0. The molecule has 4 aromatic rings. The minimum atomic E-state index is 0. The van der Waals surface area contributed by atoms with Gasteiger partial charge in [-0.3, -0.25) is 0 Å². The summed E-state index contributed by atoms with van der Waals surface area (Å²) in [5, 5.41) is 0. The molecule has 61 heavy (non-hydrogen) atoms. The molecule has 6 nitrogen and oxygen atoms in total. The van der Waals surface area contributed by atoms with Crippen LogP contribution in [0.4, 0.5) is 0 Å². The first-order valence-corrected chi connectivity index (χ1v) is 20.1. The first-order chi connectivity index (χ1) is 26.7. The van der Waals surface area contributed by atoms with Crippen molar-refractivity contribution in [3.63, 3.8) is 0 Å². The number of epoxide rings is 2. The molecule has 8 heteroatoms. The Kier molecular flexibility index (Phi) is 38.0. The third-order valence-corrected chi connectivity index (χ3v) is 9.85. The molecule has 3 fully saturated rings. The Morgan fingerprint density at radius 3 is 1.36 bits per heavy atom. The van der Waals surface area contributed by atoms with Crippen molar-refractivity contribution in [3.05, 3.63) is 156 Å². The van der Waals surface area contributed by atoms with Crippen molar-refractivity contribution < 1.29 is 23.7 Å². The van der Waals surface area contributed by atoms with Crippen LogP contribution >= 0.6 is 0 Å². The molecule has 4 radical (unpaired) electrons. The normalized spacial score (nSPS) is 15.7. The summed E-state index contributed by atoms with van der Waals surface area (Å²) < 4.78 is 32.0. The third-order valence-electron chi connectivity index (χ3n) is 9.85. The molecular weight excluding hydrogens is 768 g/mol. The fraction of sp³-hybridized carbons (Fsp3) is 0.472. The Bertz CT molecular complexity index is 1600. The molecule has 0 aromatic heterocycles. The van der Waals surface area contributed by atoms with Crippen LogP contribution in [0.15, 0.2) is 122 Å². The van der Waals surface area contributed by atoms with Crippen LogP contribution in [0.25, 0.3) is 12.2 Å². The van der Waals surface area contributed by atoms with E-state index in [1.807, 2.05) is 54.6 Å². The average molecular weight is 852 g/mol. The SMILES string of the molecule is C.C.C.C.C.C1CCOC1.C=Cc1ccc(COCC2CO2)cc1.C=Cc1ccccc1.CCC(C)(CC(C)(C)c1ccc(COCC2CO2)cc1)c1ccccc1.[B].[NH]=[Al]. The Morgan fingerprint density at radius 1 is 0.623 bits per heavy atom. The average Bonchev–Trinajstić information content (AvgIpc) is 4.18. The summed E-state index contributed by atoms with van der Waals surface area (Å²) in [5.74, 6) is 0. The fourth-order valence-electron chi connectivity index (χ4n) is 6.20. The first-order valence-electron chi connectivity index (χ1n) is 19.5. The zero-order valence-corrected chi connectivity index (χ0v) is 35.5. The van der Waals surface area contributed by atoms with Gasteiger partial charge in [0.05, 0.1) is 39.6 Å². The summed E-state index contributed by atoms with van der Waals surface area (Å²) in [6.45, 7) is 23.2. The predicted octanol–water partition coefficient (Wildman–Crippen LogP) is 13.7. The van der Waals surface area contributed by atoms with E-state index in [-0.39, 0.29) is 56.4 Å². The quantitative estimate of drug-likeness (QED) is 0.0952. The van der Waals surface area contributed by atoms with Gasteiger partial charge >= 0.3 is 20.4 Å². The number of rotatable bonds is 15. The van der Waals surface area contributed by atoms with Gasteiger partial charge in [-0.1, -0.05) is 199 Å². The summed E-state index contributed by atoms with van der Waals surface area (Å²) >= 11 is 1.67. The van der Waals surface area contributed by atoms with E-state index in [4.69, 9.17) is 28.0 Å². The molecule has 7 rings (SSSR count). The van der Waals surface area contributed by atoms with Gasteiger partial charge in [0.1, 0.15) is 12.2 Å². The van der Waals surface area contributed by atoms with Crippen molar-refractivity contribution in [2.24, 2.45) is 0 Å². The Hall–Kier alpha value is -3.44. The van der Waals surface area contributed by atoms with Gasteiger partial charge in [0.2, 0.25) is 0 Å². The maximum atomic E-state index is 5.70. The third kappa shape index (κ3) is 25.9. The van der Waals surface area contributed by atoms with E-state index in [2.05, 4.69) is 108 Å². The monoisotopic (exact) mass is 852 g/mol. The van der Waals surface area contributed by atoms with Gasteiger partial charge in [0.15, 0.2) is 0 Å². The molecule has 3 saturated heterocycles. The van der Waals surface area contributed by atoms with E-state index in [1.165, 1.54) is 40.7 Å². The van der Waals surface area contributed by atoms with Crippen LogP contribution in [-0.2, 0) is 47.7 Å². The van der Waals surface area contributed by atoms with Gasteiger partial charge in [0, 0.05) is 21.6 Å². The fourth-order valence-corrected chi connectivity index (χ4v) is 6.20. The molecule has 3 unspecified atom stereocenters. The summed E-state index contributed by atoms with van der Waals surface area (Å²) in [5.41, 5.74) is 7.85. The number of hydrogen-bond donors (Lipinski definition) is 1. The molecule has 0 amide bonds. The predicted molar refractivity (Wildman–Crippen MR) is 268 cm³/mol. The Labute approximate surface area is 385 Å². The van der Waals surface area contributed by atoms with Crippen LogP contribution in [0.3, 0.4) is 0 Å². The molecule has 0 bridgehead atoms. The number of ether oxygens (including phenoxy) is 5. The van der Waals surface area contributed by atoms with Gasteiger partial charge in [-0.25, -0.2) is 0 Å². The summed E-state index contributed by atoms with van der Waals surface area (Å²) in [4.78, 5) is 0. The molecule has 0 saturated carbocycles. The van der Waals surface area contributed by atoms with E-state index in [0.29, 0.717) is 38.6 Å². The van der Waals surface area contributed by atoms with Crippen LogP contribution in [0.5, 0.6) is 0 Å². The van der Waals surface area contributed by atoms with E-state index in [0.717, 1.165) is 44.8 Å². The topological polar surface area (TPSA) is 76.6 Å². The van der Waals surface area contributed by atoms with Gasteiger partial charge in [0.25, 0.3) is 0 Å². The van der Waals surface area contributed by atoms with E-state index >= 15 is 0 Å². The van der Waals surface area contributed by atoms with Crippen molar-refractivity contribution in [2.75, 3.05) is 39.6 Å². The summed E-state index contributed by atoms with van der Waals surface area (Å²) in [6.07, 6.45) is 9.16. The molecule has 3 aliphatic heterocycles. The van der Waals surface area contributed by atoms with Gasteiger partial charge in [-0.05, 0) is 69.9 Å². The van der Waals surface area contributed by atoms with Crippen LogP contribution in [0.2, 0.25) is 0 Å². The maximum absolute atomic E-state index is 5.70. The number of nitrogens with one attached hydrogen (secondary N) is 1. The second-order valence-corrected chi connectivity index (χ2v) is 14.9. The van der Waals surface area contributed by atoms with Gasteiger partial charge < -0.3 is 23.7 Å². The molecule has 3 heterocycles. The molecule has 0 spiro atoms. The Balaban J connectivity index is -0.000000392. The second-order valence-electron chi connectivity index (χ2n) is 14.9. The van der Waals surface area contributed by atoms with E-state index in [1.54, 1.807) is 16.1 Å². The van der Waals surface area contributed by atoms with Crippen LogP contribution in [0, 0.1) is 4.35 Å². The van der Waals surface area contributed by atoms with Crippen LogP contribution in [-0.4, -0.2) is 76.4 Å². The number of hydrogen-bond acceptors (Lipinski definition) is 6. The van der Waals surface area contributed by atoms with E-state index < -0.39 is 0 Å². The first kappa shape index (κ1) is 64.2. The zero-order chi connectivity index (χ0) is 39.8. The van der Waals surface area contributed by atoms with Crippen molar-refractivity contribution in [1.82, 2.24) is 0 Å². The van der Waals surface area contributed by atoms with Gasteiger partial charge in [-0.2, -0.15) is 0 Å². The molecule has 4 aromatic carbocycles. The Morgan fingerprint density at radius 2 is 1.02 bits per heavy atom. The van der Waals surface area contributed by atoms with Crippen LogP contribution < -0.4 is 0 Å². The van der Waals surface area contributed by atoms with Crippen molar-refractivity contribution >= 4 is 36.7 Å². The van der Waals surface area contributed by atoms with Crippen molar-refractivity contribution in [1.29, 1.82) is 4.35 Å². The number of benzene rings is 4.